The Hall–Kier alpha value is -1.23. The average molecular weight is 351 g/mol. The number of rotatable bonds is 2. The third-order valence-electron chi connectivity index (χ3n) is 3.69. The van der Waals surface area contributed by atoms with Gasteiger partial charge in [-0.25, -0.2) is 9.78 Å². The van der Waals surface area contributed by atoms with Crippen LogP contribution in [0.15, 0.2) is 23.4 Å². The Kier molecular flexibility index (Phi) is 5.84. The lowest BCUT2D eigenvalue weighted by Crippen LogP contribution is -2.42. The van der Waals surface area contributed by atoms with Crippen LogP contribution in [0.2, 0.25) is 0 Å². The zero-order valence-corrected chi connectivity index (χ0v) is 16.6. The standard InChI is InChI=1S/C19H30N2O2S/c1-18(2,3)23-17(22)21-13-8-7-11-15(21)14-10-9-12-20-16(14)24-19(4,5)6/h9-10,12,15H,7-8,11,13H2,1-6H3. The maximum absolute atomic E-state index is 12.7. The summed E-state index contributed by atoms with van der Waals surface area (Å²) in [6.07, 6.45) is 4.72. The van der Waals surface area contributed by atoms with Gasteiger partial charge in [0.15, 0.2) is 0 Å². The summed E-state index contributed by atoms with van der Waals surface area (Å²) in [6, 6.07) is 4.12. The first-order chi connectivity index (χ1) is 11.1. The van der Waals surface area contributed by atoms with Crippen LogP contribution in [-0.4, -0.2) is 32.9 Å². The number of hydrogen-bond donors (Lipinski definition) is 0. The fourth-order valence-corrected chi connectivity index (χ4v) is 3.84. The summed E-state index contributed by atoms with van der Waals surface area (Å²) in [6.45, 7) is 13.0. The fraction of sp³-hybridized carbons (Fsp3) is 0.684. The highest BCUT2D eigenvalue weighted by molar-refractivity contribution is 8.00. The van der Waals surface area contributed by atoms with Crippen LogP contribution in [0.25, 0.3) is 0 Å². The van der Waals surface area contributed by atoms with Crippen molar-refractivity contribution in [3.63, 3.8) is 0 Å². The molecule has 1 aliphatic rings. The van der Waals surface area contributed by atoms with Crippen LogP contribution in [0.1, 0.15) is 72.4 Å². The summed E-state index contributed by atoms with van der Waals surface area (Å²) in [5.74, 6) is 0. The van der Waals surface area contributed by atoms with E-state index in [2.05, 4.69) is 31.8 Å². The Morgan fingerprint density at radius 1 is 1.25 bits per heavy atom. The lowest BCUT2D eigenvalue weighted by Gasteiger charge is -2.37. The number of pyridine rings is 1. The second kappa shape index (κ2) is 7.34. The van der Waals surface area contributed by atoms with Gasteiger partial charge in [-0.15, -0.1) is 11.8 Å². The van der Waals surface area contributed by atoms with Gasteiger partial charge in [0.05, 0.1) is 6.04 Å². The normalized spacial score (nSPS) is 19.2. The minimum absolute atomic E-state index is 0.0483. The van der Waals surface area contributed by atoms with Crippen molar-refractivity contribution in [3.8, 4) is 0 Å². The second-order valence-corrected chi connectivity index (χ2v) is 10.1. The summed E-state index contributed by atoms with van der Waals surface area (Å²) in [5.41, 5.74) is 0.666. The molecule has 1 aliphatic heterocycles. The van der Waals surface area contributed by atoms with E-state index in [1.165, 1.54) is 0 Å². The molecule has 24 heavy (non-hydrogen) atoms. The highest BCUT2D eigenvalue weighted by Gasteiger charge is 2.33. The molecular weight excluding hydrogens is 320 g/mol. The van der Waals surface area contributed by atoms with Crippen molar-refractivity contribution in [2.75, 3.05) is 6.54 Å². The van der Waals surface area contributed by atoms with Gasteiger partial charge in [-0.2, -0.15) is 0 Å². The zero-order chi connectivity index (χ0) is 18.0. The maximum atomic E-state index is 12.7. The van der Waals surface area contributed by atoms with E-state index in [0.717, 1.165) is 36.4 Å². The van der Waals surface area contributed by atoms with E-state index in [0.29, 0.717) is 0 Å². The molecular formula is C19H30N2O2S. The first kappa shape index (κ1) is 19.1. The maximum Gasteiger partial charge on any atom is 0.410 e. The molecule has 1 amide bonds. The number of likely N-dealkylation sites (tertiary alicyclic amines) is 1. The molecule has 0 radical (unpaired) electrons. The molecule has 134 valence electrons. The molecule has 1 aromatic heterocycles. The molecule has 0 spiro atoms. The van der Waals surface area contributed by atoms with Gasteiger partial charge in [0.25, 0.3) is 0 Å². The number of thioether (sulfide) groups is 1. The second-order valence-electron chi connectivity index (χ2n) is 8.30. The van der Waals surface area contributed by atoms with Gasteiger partial charge >= 0.3 is 6.09 Å². The molecule has 1 saturated heterocycles. The number of hydrogen-bond acceptors (Lipinski definition) is 4. The first-order valence-electron chi connectivity index (χ1n) is 8.70. The molecule has 1 fully saturated rings. The predicted octanol–water partition coefficient (Wildman–Crippen LogP) is 5.43. The quantitative estimate of drug-likeness (QED) is 0.667. The summed E-state index contributed by atoms with van der Waals surface area (Å²) in [5, 5.41) is 1.02. The van der Waals surface area contributed by atoms with Gasteiger partial charge in [0.1, 0.15) is 10.6 Å². The fourth-order valence-electron chi connectivity index (χ4n) is 2.83. The minimum atomic E-state index is -0.475. The van der Waals surface area contributed by atoms with Gasteiger partial charge in [-0.1, -0.05) is 26.8 Å². The van der Waals surface area contributed by atoms with Crippen molar-refractivity contribution in [2.45, 2.75) is 82.2 Å². The molecule has 1 atom stereocenters. The van der Waals surface area contributed by atoms with Crippen LogP contribution in [-0.2, 0) is 4.74 Å². The lowest BCUT2D eigenvalue weighted by molar-refractivity contribution is 0.00915. The summed E-state index contributed by atoms with van der Waals surface area (Å²) in [7, 11) is 0. The Balaban J connectivity index is 2.29. The average Bonchev–Trinajstić information content (AvgIpc) is 2.44. The van der Waals surface area contributed by atoms with Crippen LogP contribution in [0.3, 0.4) is 0 Å². The van der Waals surface area contributed by atoms with Crippen LogP contribution in [0.5, 0.6) is 0 Å². The van der Waals surface area contributed by atoms with Crippen LogP contribution in [0.4, 0.5) is 4.79 Å². The van der Waals surface area contributed by atoms with Crippen molar-refractivity contribution in [3.05, 3.63) is 23.9 Å². The van der Waals surface area contributed by atoms with Gasteiger partial charge in [-0.05, 0) is 46.1 Å². The molecule has 0 aliphatic carbocycles. The SMILES string of the molecule is CC(C)(C)OC(=O)N1CCCCC1c1cccnc1SC(C)(C)C. The summed E-state index contributed by atoms with van der Waals surface area (Å²) >= 11 is 1.76. The van der Waals surface area contributed by atoms with Crippen molar-refractivity contribution in [2.24, 2.45) is 0 Å². The highest BCUT2D eigenvalue weighted by Crippen LogP contribution is 2.40. The third-order valence-corrected chi connectivity index (χ3v) is 4.84. The molecule has 0 bridgehead atoms. The molecule has 0 N–H and O–H groups in total. The molecule has 2 heterocycles. The van der Waals surface area contributed by atoms with Crippen molar-refractivity contribution >= 4 is 17.9 Å². The van der Waals surface area contributed by atoms with Gasteiger partial charge in [0, 0.05) is 23.1 Å². The van der Waals surface area contributed by atoms with E-state index in [-0.39, 0.29) is 16.9 Å². The monoisotopic (exact) mass is 350 g/mol. The van der Waals surface area contributed by atoms with Crippen LogP contribution in [0, 0.1) is 0 Å². The number of carbonyl (C=O) groups is 1. The Bertz CT molecular complexity index is 575. The molecule has 1 unspecified atom stereocenters. The van der Waals surface area contributed by atoms with Crippen molar-refractivity contribution in [1.29, 1.82) is 0 Å². The van der Waals surface area contributed by atoms with Gasteiger partial charge in [0.2, 0.25) is 0 Å². The number of carbonyl (C=O) groups excluding carboxylic acids is 1. The van der Waals surface area contributed by atoms with E-state index in [1.54, 1.807) is 11.8 Å². The molecule has 0 aromatic carbocycles. The molecule has 1 aromatic rings. The van der Waals surface area contributed by atoms with E-state index < -0.39 is 5.60 Å². The number of ether oxygens (including phenoxy) is 1. The Morgan fingerprint density at radius 3 is 2.58 bits per heavy atom. The third kappa shape index (κ3) is 5.40. The van der Waals surface area contributed by atoms with E-state index in [1.807, 2.05) is 37.9 Å². The van der Waals surface area contributed by atoms with E-state index in [4.69, 9.17) is 4.74 Å². The van der Waals surface area contributed by atoms with E-state index in [9.17, 15) is 4.79 Å². The van der Waals surface area contributed by atoms with Crippen LogP contribution < -0.4 is 0 Å². The molecule has 4 nitrogen and oxygen atoms in total. The van der Waals surface area contributed by atoms with E-state index >= 15 is 0 Å². The number of nitrogens with zero attached hydrogens (tertiary/aromatic N) is 2. The smallest absolute Gasteiger partial charge is 0.410 e. The van der Waals surface area contributed by atoms with Gasteiger partial charge in [-0.3, -0.25) is 0 Å². The van der Waals surface area contributed by atoms with Gasteiger partial charge < -0.3 is 9.64 Å². The first-order valence-corrected chi connectivity index (χ1v) is 9.52. The van der Waals surface area contributed by atoms with Crippen molar-refractivity contribution in [1.82, 2.24) is 9.88 Å². The van der Waals surface area contributed by atoms with Crippen molar-refractivity contribution < 1.29 is 9.53 Å². The summed E-state index contributed by atoms with van der Waals surface area (Å²) < 4.78 is 5.71. The lowest BCUT2D eigenvalue weighted by atomic mass is 9.97. The summed E-state index contributed by atoms with van der Waals surface area (Å²) in [4.78, 5) is 19.1. The topological polar surface area (TPSA) is 42.4 Å². The Morgan fingerprint density at radius 2 is 1.96 bits per heavy atom. The largest absolute Gasteiger partial charge is 0.444 e. The highest BCUT2D eigenvalue weighted by atomic mass is 32.2. The minimum Gasteiger partial charge on any atom is -0.444 e. The number of aromatic nitrogens is 1. The Labute approximate surface area is 150 Å². The molecule has 2 rings (SSSR count). The number of amides is 1. The van der Waals surface area contributed by atoms with Crippen LogP contribution >= 0.6 is 11.8 Å². The zero-order valence-electron chi connectivity index (χ0n) is 15.8. The molecule has 5 heteroatoms. The predicted molar refractivity (Wildman–Crippen MR) is 99.4 cm³/mol. The molecule has 0 saturated carbocycles. The number of piperidine rings is 1.